The molecule has 1 rings (SSSR count). The monoisotopic (exact) mass is 246 g/mol. The Kier molecular flexibility index (Phi) is 5.85. The van der Waals surface area contributed by atoms with Crippen molar-refractivity contribution in [3.63, 3.8) is 0 Å². The molecule has 0 saturated heterocycles. The van der Waals surface area contributed by atoms with Crippen molar-refractivity contribution in [3.05, 3.63) is 47.5 Å². The molecule has 0 fully saturated rings. The highest BCUT2D eigenvalue weighted by Crippen LogP contribution is 2.09. The van der Waals surface area contributed by atoms with Gasteiger partial charge in [-0.25, -0.2) is 4.79 Å². The van der Waals surface area contributed by atoms with Gasteiger partial charge in [-0.1, -0.05) is 44.0 Å². The lowest BCUT2D eigenvalue weighted by molar-refractivity contribution is -0.131. The number of carbonyl (C=O) groups excluding carboxylic acids is 1. The molecular weight excluding hydrogens is 228 g/mol. The molecule has 0 atom stereocenters. The summed E-state index contributed by atoms with van der Waals surface area (Å²) in [6, 6.07) is 7.35. The maximum Gasteiger partial charge on any atom is 0.328 e. The van der Waals surface area contributed by atoms with Gasteiger partial charge in [0, 0.05) is 11.6 Å². The van der Waals surface area contributed by atoms with Gasteiger partial charge in [0.15, 0.2) is 5.78 Å². The van der Waals surface area contributed by atoms with E-state index in [-0.39, 0.29) is 5.78 Å². The number of ketones is 1. The highest BCUT2D eigenvalue weighted by Gasteiger charge is 2.02. The molecular formula is C15H18O3. The van der Waals surface area contributed by atoms with Crippen LogP contribution in [-0.4, -0.2) is 16.9 Å². The third kappa shape index (κ3) is 4.95. The lowest BCUT2D eigenvalue weighted by Crippen LogP contribution is -1.97. The highest BCUT2D eigenvalue weighted by molar-refractivity contribution is 6.06. The Balaban J connectivity index is 2.59. The second-order valence-corrected chi connectivity index (χ2v) is 4.19. The molecule has 0 heterocycles. The number of unbranched alkanes of at least 4 members (excludes halogenated alkanes) is 2. The molecule has 1 N–H and O–H groups in total. The first kappa shape index (κ1) is 14.2. The SMILES string of the molecule is CCCCCc1ccc(C(=O)/C=C/C(=O)O)cc1. The van der Waals surface area contributed by atoms with Crippen molar-refractivity contribution in [1.29, 1.82) is 0 Å². The zero-order chi connectivity index (χ0) is 13.4. The van der Waals surface area contributed by atoms with Gasteiger partial charge in [0.1, 0.15) is 0 Å². The second-order valence-electron chi connectivity index (χ2n) is 4.19. The molecule has 96 valence electrons. The Bertz CT molecular complexity index is 430. The third-order valence-corrected chi connectivity index (χ3v) is 2.68. The Morgan fingerprint density at radius 3 is 2.33 bits per heavy atom. The maximum absolute atomic E-state index is 11.6. The van der Waals surface area contributed by atoms with E-state index in [9.17, 15) is 9.59 Å². The number of aryl methyl sites for hydroxylation is 1. The first-order valence-electron chi connectivity index (χ1n) is 6.17. The van der Waals surface area contributed by atoms with E-state index in [2.05, 4.69) is 6.92 Å². The van der Waals surface area contributed by atoms with Crippen molar-refractivity contribution in [2.75, 3.05) is 0 Å². The summed E-state index contributed by atoms with van der Waals surface area (Å²) in [5.74, 6) is -1.39. The van der Waals surface area contributed by atoms with Gasteiger partial charge in [-0.2, -0.15) is 0 Å². The normalized spacial score (nSPS) is 10.7. The van der Waals surface area contributed by atoms with E-state index in [1.807, 2.05) is 12.1 Å². The van der Waals surface area contributed by atoms with Crippen LogP contribution in [0.15, 0.2) is 36.4 Å². The lowest BCUT2D eigenvalue weighted by atomic mass is 10.0. The van der Waals surface area contributed by atoms with Gasteiger partial charge in [0.05, 0.1) is 0 Å². The number of rotatable bonds is 7. The van der Waals surface area contributed by atoms with Crippen LogP contribution in [0.4, 0.5) is 0 Å². The molecule has 1 aromatic carbocycles. The van der Waals surface area contributed by atoms with Crippen LogP contribution < -0.4 is 0 Å². The van der Waals surface area contributed by atoms with Crippen molar-refractivity contribution in [1.82, 2.24) is 0 Å². The fraction of sp³-hybridized carbons (Fsp3) is 0.333. The predicted octanol–water partition coefficient (Wildman–Crippen LogP) is 3.24. The van der Waals surface area contributed by atoms with Crippen LogP contribution in [-0.2, 0) is 11.2 Å². The Labute approximate surface area is 107 Å². The van der Waals surface area contributed by atoms with Crippen LogP contribution in [0.3, 0.4) is 0 Å². The number of carboxylic acid groups (broad SMARTS) is 1. The summed E-state index contributed by atoms with van der Waals surface area (Å²) < 4.78 is 0. The summed E-state index contributed by atoms with van der Waals surface area (Å²) in [5.41, 5.74) is 1.73. The average molecular weight is 246 g/mol. The molecule has 1 aromatic rings. The van der Waals surface area contributed by atoms with Crippen LogP contribution >= 0.6 is 0 Å². The predicted molar refractivity (Wildman–Crippen MR) is 70.8 cm³/mol. The zero-order valence-corrected chi connectivity index (χ0v) is 10.6. The fourth-order valence-corrected chi connectivity index (χ4v) is 1.66. The molecule has 0 radical (unpaired) electrons. The van der Waals surface area contributed by atoms with Gasteiger partial charge < -0.3 is 5.11 Å². The molecule has 3 heteroatoms. The summed E-state index contributed by atoms with van der Waals surface area (Å²) in [6.07, 6.45) is 6.51. The van der Waals surface area contributed by atoms with Crippen molar-refractivity contribution < 1.29 is 14.7 Å². The van der Waals surface area contributed by atoms with Gasteiger partial charge in [-0.05, 0) is 24.5 Å². The molecule has 0 amide bonds. The van der Waals surface area contributed by atoms with Crippen LogP contribution in [0, 0.1) is 0 Å². The standard InChI is InChI=1S/C15H18O3/c1-2-3-4-5-12-6-8-13(9-7-12)14(16)10-11-15(17)18/h6-11H,2-5H2,1H3,(H,17,18)/b11-10+. The minimum atomic E-state index is -1.11. The minimum absolute atomic E-state index is 0.280. The number of carboxylic acids is 1. The highest BCUT2D eigenvalue weighted by atomic mass is 16.4. The first-order valence-corrected chi connectivity index (χ1v) is 6.17. The van der Waals surface area contributed by atoms with Crippen molar-refractivity contribution in [3.8, 4) is 0 Å². The Morgan fingerprint density at radius 2 is 1.78 bits per heavy atom. The number of aliphatic carboxylic acids is 1. The van der Waals surface area contributed by atoms with Crippen molar-refractivity contribution in [2.45, 2.75) is 32.6 Å². The van der Waals surface area contributed by atoms with E-state index in [0.29, 0.717) is 5.56 Å². The molecule has 0 spiro atoms. The molecule has 0 unspecified atom stereocenters. The van der Waals surface area contributed by atoms with E-state index in [1.54, 1.807) is 12.1 Å². The molecule has 0 saturated carbocycles. The van der Waals surface area contributed by atoms with E-state index >= 15 is 0 Å². The van der Waals surface area contributed by atoms with Crippen molar-refractivity contribution >= 4 is 11.8 Å². The summed E-state index contributed by atoms with van der Waals surface area (Å²) in [4.78, 5) is 21.9. The van der Waals surface area contributed by atoms with Gasteiger partial charge in [-0.15, -0.1) is 0 Å². The number of hydrogen-bond acceptors (Lipinski definition) is 2. The molecule has 0 aliphatic rings. The summed E-state index contributed by atoms with van der Waals surface area (Å²) in [7, 11) is 0. The summed E-state index contributed by atoms with van der Waals surface area (Å²) >= 11 is 0. The van der Waals surface area contributed by atoms with Crippen LogP contribution in [0.1, 0.15) is 42.1 Å². The molecule has 3 nitrogen and oxygen atoms in total. The Morgan fingerprint density at radius 1 is 1.11 bits per heavy atom. The molecule has 18 heavy (non-hydrogen) atoms. The van der Waals surface area contributed by atoms with Gasteiger partial charge in [0.25, 0.3) is 0 Å². The zero-order valence-electron chi connectivity index (χ0n) is 10.6. The maximum atomic E-state index is 11.6. The Hall–Kier alpha value is -1.90. The largest absolute Gasteiger partial charge is 0.478 e. The first-order chi connectivity index (χ1) is 8.63. The molecule has 0 aliphatic heterocycles. The summed E-state index contributed by atoms with van der Waals surface area (Å²) in [6.45, 7) is 2.16. The third-order valence-electron chi connectivity index (χ3n) is 2.68. The number of allylic oxidation sites excluding steroid dienone is 1. The van der Waals surface area contributed by atoms with E-state index < -0.39 is 5.97 Å². The van der Waals surface area contributed by atoms with Crippen LogP contribution in [0.2, 0.25) is 0 Å². The number of benzene rings is 1. The van der Waals surface area contributed by atoms with Gasteiger partial charge >= 0.3 is 5.97 Å². The smallest absolute Gasteiger partial charge is 0.328 e. The average Bonchev–Trinajstić information content (AvgIpc) is 2.37. The number of hydrogen-bond donors (Lipinski definition) is 1. The number of carbonyl (C=O) groups is 2. The topological polar surface area (TPSA) is 54.4 Å². The summed E-state index contributed by atoms with van der Waals surface area (Å²) in [5, 5.41) is 8.43. The van der Waals surface area contributed by atoms with Crippen LogP contribution in [0.5, 0.6) is 0 Å². The second kappa shape index (κ2) is 7.43. The molecule has 0 aliphatic carbocycles. The molecule has 0 bridgehead atoms. The van der Waals surface area contributed by atoms with Crippen LogP contribution in [0.25, 0.3) is 0 Å². The molecule has 0 aromatic heterocycles. The van der Waals surface area contributed by atoms with E-state index in [1.165, 1.54) is 18.4 Å². The fourth-order valence-electron chi connectivity index (χ4n) is 1.66. The van der Waals surface area contributed by atoms with E-state index in [4.69, 9.17) is 5.11 Å². The van der Waals surface area contributed by atoms with Gasteiger partial charge in [0.2, 0.25) is 0 Å². The quantitative estimate of drug-likeness (QED) is 0.456. The van der Waals surface area contributed by atoms with Crippen molar-refractivity contribution in [2.24, 2.45) is 0 Å². The van der Waals surface area contributed by atoms with Gasteiger partial charge in [-0.3, -0.25) is 4.79 Å². The lowest BCUT2D eigenvalue weighted by Gasteiger charge is -2.01. The minimum Gasteiger partial charge on any atom is -0.478 e. The van der Waals surface area contributed by atoms with E-state index in [0.717, 1.165) is 25.0 Å².